The largest absolute Gasteiger partial charge is 0.506 e. The zero-order valence-electron chi connectivity index (χ0n) is 10.8. The summed E-state index contributed by atoms with van der Waals surface area (Å²) >= 11 is 0. The van der Waals surface area contributed by atoms with E-state index in [-0.39, 0.29) is 35.3 Å². The molecule has 1 heterocycles. The Balaban J connectivity index is 2.19. The Morgan fingerprint density at radius 2 is 1.90 bits per heavy atom. The summed E-state index contributed by atoms with van der Waals surface area (Å²) in [7, 11) is -3.66. The number of hydrogen-bond donors (Lipinski definition) is 3. The molecule has 0 aliphatic carbocycles. The summed E-state index contributed by atoms with van der Waals surface area (Å²) in [4.78, 5) is 11.1. The van der Waals surface area contributed by atoms with Gasteiger partial charge in [-0.25, -0.2) is 8.42 Å². The topological polar surface area (TPSA) is 127 Å². The Bertz CT molecular complexity index is 622. The molecule has 110 valence electrons. The van der Waals surface area contributed by atoms with Crippen molar-refractivity contribution in [3.8, 4) is 5.75 Å². The van der Waals surface area contributed by atoms with Crippen LogP contribution in [0.3, 0.4) is 0 Å². The predicted octanol–water partition coefficient (Wildman–Crippen LogP) is -0.140. The predicted molar refractivity (Wildman–Crippen MR) is 73.2 cm³/mol. The Morgan fingerprint density at radius 3 is 2.40 bits per heavy atom. The Hall–Kier alpha value is -1.80. The van der Waals surface area contributed by atoms with Crippen LogP contribution in [0.5, 0.6) is 5.75 Å². The molecule has 1 aromatic rings. The molecule has 1 saturated heterocycles. The van der Waals surface area contributed by atoms with Gasteiger partial charge in [-0.1, -0.05) is 0 Å². The van der Waals surface area contributed by atoms with E-state index in [2.05, 4.69) is 0 Å². The van der Waals surface area contributed by atoms with Crippen LogP contribution in [0.25, 0.3) is 0 Å². The molecule has 20 heavy (non-hydrogen) atoms. The van der Waals surface area contributed by atoms with Crippen LogP contribution >= 0.6 is 0 Å². The van der Waals surface area contributed by atoms with Crippen molar-refractivity contribution in [1.29, 1.82) is 0 Å². The van der Waals surface area contributed by atoms with Gasteiger partial charge in [0.2, 0.25) is 15.9 Å². The van der Waals surface area contributed by atoms with E-state index in [1.54, 1.807) is 0 Å². The molecule has 1 aliphatic heterocycles. The summed E-state index contributed by atoms with van der Waals surface area (Å²) in [5, 5.41) is 9.33. The molecule has 0 radical (unpaired) electrons. The molecule has 5 N–H and O–H groups in total. The van der Waals surface area contributed by atoms with Crippen LogP contribution in [-0.2, 0) is 14.8 Å². The lowest BCUT2D eigenvalue weighted by Gasteiger charge is -2.29. The van der Waals surface area contributed by atoms with Crippen molar-refractivity contribution in [3.63, 3.8) is 0 Å². The van der Waals surface area contributed by atoms with Gasteiger partial charge < -0.3 is 16.6 Å². The highest BCUT2D eigenvalue weighted by molar-refractivity contribution is 7.89. The lowest BCUT2D eigenvalue weighted by molar-refractivity contribution is -0.122. The lowest BCUT2D eigenvalue weighted by atomic mass is 9.98. The number of rotatable bonds is 3. The number of carbonyl (C=O) groups is 1. The molecule has 0 atom stereocenters. The number of anilines is 1. The molecule has 1 amide bonds. The first kappa shape index (κ1) is 14.6. The van der Waals surface area contributed by atoms with Crippen LogP contribution in [-0.4, -0.2) is 36.8 Å². The summed E-state index contributed by atoms with van der Waals surface area (Å²) in [6, 6.07) is 3.78. The van der Waals surface area contributed by atoms with Crippen molar-refractivity contribution >= 4 is 21.6 Å². The molecule has 1 aliphatic rings. The second kappa shape index (κ2) is 5.29. The third-order valence-electron chi connectivity index (χ3n) is 3.49. The first-order chi connectivity index (χ1) is 9.32. The van der Waals surface area contributed by atoms with Crippen LogP contribution in [0, 0.1) is 5.92 Å². The van der Waals surface area contributed by atoms with Gasteiger partial charge in [0, 0.05) is 19.0 Å². The van der Waals surface area contributed by atoms with E-state index in [1.165, 1.54) is 22.5 Å². The van der Waals surface area contributed by atoms with Gasteiger partial charge >= 0.3 is 0 Å². The Kier molecular flexibility index (Phi) is 3.87. The highest BCUT2D eigenvalue weighted by Gasteiger charge is 2.31. The Morgan fingerprint density at radius 1 is 1.30 bits per heavy atom. The number of phenolic OH excluding ortho intramolecular Hbond substituents is 1. The van der Waals surface area contributed by atoms with Gasteiger partial charge in [0.25, 0.3) is 0 Å². The smallest absolute Gasteiger partial charge is 0.243 e. The lowest BCUT2D eigenvalue weighted by Crippen LogP contribution is -2.41. The van der Waals surface area contributed by atoms with Crippen molar-refractivity contribution in [1.82, 2.24) is 4.31 Å². The van der Waals surface area contributed by atoms with Gasteiger partial charge in [0.1, 0.15) is 5.75 Å². The third kappa shape index (κ3) is 2.70. The molecule has 1 aromatic carbocycles. The number of primary amides is 1. The molecular weight excluding hydrogens is 282 g/mol. The van der Waals surface area contributed by atoms with Crippen molar-refractivity contribution in [3.05, 3.63) is 18.2 Å². The number of aromatic hydroxyl groups is 1. The second-order valence-electron chi connectivity index (χ2n) is 4.80. The molecule has 0 saturated carbocycles. The number of amides is 1. The molecule has 0 bridgehead atoms. The van der Waals surface area contributed by atoms with E-state index in [0.29, 0.717) is 12.8 Å². The Labute approximate surface area is 117 Å². The standard InChI is InChI=1S/C12H17N3O4S/c13-10-7-9(1-2-11(10)16)20(18,19)15-5-3-8(4-6-15)12(14)17/h1-2,7-8,16H,3-6,13H2,(H2,14,17). The first-order valence-corrected chi connectivity index (χ1v) is 7.64. The number of piperidine rings is 1. The molecule has 7 nitrogen and oxygen atoms in total. The molecular formula is C12H17N3O4S. The van der Waals surface area contributed by atoms with E-state index in [9.17, 15) is 18.3 Å². The normalized spacial score (nSPS) is 18.0. The van der Waals surface area contributed by atoms with Crippen LogP contribution in [0.1, 0.15) is 12.8 Å². The maximum atomic E-state index is 12.4. The molecule has 0 unspecified atom stereocenters. The van der Waals surface area contributed by atoms with Gasteiger partial charge in [-0.15, -0.1) is 0 Å². The van der Waals surface area contributed by atoms with Crippen LogP contribution < -0.4 is 11.5 Å². The first-order valence-electron chi connectivity index (χ1n) is 6.20. The summed E-state index contributed by atoms with van der Waals surface area (Å²) in [5.74, 6) is -0.821. The number of nitrogen functional groups attached to an aromatic ring is 1. The number of carbonyl (C=O) groups excluding carboxylic acids is 1. The second-order valence-corrected chi connectivity index (χ2v) is 6.74. The van der Waals surface area contributed by atoms with Crippen molar-refractivity contribution < 1.29 is 18.3 Å². The zero-order chi connectivity index (χ0) is 14.9. The van der Waals surface area contributed by atoms with E-state index in [0.717, 1.165) is 0 Å². The van der Waals surface area contributed by atoms with Crippen LogP contribution in [0.15, 0.2) is 23.1 Å². The fourth-order valence-corrected chi connectivity index (χ4v) is 3.73. The van der Waals surface area contributed by atoms with Crippen LogP contribution in [0.4, 0.5) is 5.69 Å². The zero-order valence-corrected chi connectivity index (χ0v) is 11.6. The third-order valence-corrected chi connectivity index (χ3v) is 5.39. The fourth-order valence-electron chi connectivity index (χ4n) is 2.22. The van der Waals surface area contributed by atoms with Gasteiger partial charge in [0.15, 0.2) is 0 Å². The van der Waals surface area contributed by atoms with Gasteiger partial charge in [-0.05, 0) is 31.0 Å². The van der Waals surface area contributed by atoms with Crippen molar-refractivity contribution in [2.45, 2.75) is 17.7 Å². The van der Waals surface area contributed by atoms with E-state index < -0.39 is 15.9 Å². The minimum atomic E-state index is -3.66. The van der Waals surface area contributed by atoms with Crippen molar-refractivity contribution in [2.75, 3.05) is 18.8 Å². The highest BCUT2D eigenvalue weighted by atomic mass is 32.2. The summed E-state index contributed by atoms with van der Waals surface area (Å²) in [5.41, 5.74) is 10.7. The van der Waals surface area contributed by atoms with E-state index >= 15 is 0 Å². The van der Waals surface area contributed by atoms with E-state index in [4.69, 9.17) is 11.5 Å². The van der Waals surface area contributed by atoms with Crippen LogP contribution in [0.2, 0.25) is 0 Å². The van der Waals surface area contributed by atoms with Gasteiger partial charge in [-0.2, -0.15) is 4.31 Å². The number of hydrogen-bond acceptors (Lipinski definition) is 5. The average Bonchev–Trinajstić information content (AvgIpc) is 2.41. The molecule has 0 aromatic heterocycles. The maximum Gasteiger partial charge on any atom is 0.243 e. The molecule has 0 spiro atoms. The van der Waals surface area contributed by atoms with E-state index in [1.807, 2.05) is 0 Å². The number of nitrogens with two attached hydrogens (primary N) is 2. The average molecular weight is 299 g/mol. The fraction of sp³-hybridized carbons (Fsp3) is 0.417. The number of phenols is 1. The number of benzene rings is 1. The maximum absolute atomic E-state index is 12.4. The molecule has 8 heteroatoms. The summed E-state index contributed by atoms with van der Waals surface area (Å²) in [6.07, 6.45) is 0.838. The summed E-state index contributed by atoms with van der Waals surface area (Å²) in [6.45, 7) is 0.493. The number of nitrogens with zero attached hydrogens (tertiary/aromatic N) is 1. The highest BCUT2D eigenvalue weighted by Crippen LogP contribution is 2.27. The SMILES string of the molecule is NC(=O)C1CCN(S(=O)(=O)c2ccc(O)c(N)c2)CC1. The monoisotopic (exact) mass is 299 g/mol. The molecule has 2 rings (SSSR count). The quantitative estimate of drug-likeness (QED) is 0.529. The molecule has 1 fully saturated rings. The van der Waals surface area contributed by atoms with Gasteiger partial charge in [0.05, 0.1) is 10.6 Å². The van der Waals surface area contributed by atoms with Crippen molar-refractivity contribution in [2.24, 2.45) is 11.7 Å². The van der Waals surface area contributed by atoms with Gasteiger partial charge in [-0.3, -0.25) is 4.79 Å². The number of sulfonamides is 1. The summed E-state index contributed by atoms with van der Waals surface area (Å²) < 4.78 is 26.1. The minimum absolute atomic E-state index is 0.0121. The minimum Gasteiger partial charge on any atom is -0.506 e.